The fourth-order valence-electron chi connectivity index (χ4n) is 1.31. The second-order valence-corrected chi connectivity index (χ2v) is 4.35. The van der Waals surface area contributed by atoms with Gasteiger partial charge < -0.3 is 5.73 Å². The molecule has 78 valence electrons. The van der Waals surface area contributed by atoms with Crippen molar-refractivity contribution in [2.75, 3.05) is 5.73 Å². The van der Waals surface area contributed by atoms with Crippen LogP contribution in [0.3, 0.4) is 0 Å². The smallest absolute Gasteiger partial charge is 0.0910 e. The average molecular weight is 219 g/mol. The number of hydrogen-bond donors (Lipinski definition) is 1. The van der Waals surface area contributed by atoms with Gasteiger partial charge in [0.15, 0.2) is 0 Å². The summed E-state index contributed by atoms with van der Waals surface area (Å²) in [6.07, 6.45) is 3.72. The van der Waals surface area contributed by atoms with E-state index in [-0.39, 0.29) is 0 Å². The lowest BCUT2D eigenvalue weighted by Crippen LogP contribution is -1.95. The number of hydrogen-bond acceptors (Lipinski definition) is 3. The van der Waals surface area contributed by atoms with Crippen LogP contribution in [0.25, 0.3) is 0 Å². The minimum atomic E-state index is 0.792. The van der Waals surface area contributed by atoms with Crippen LogP contribution in [0.5, 0.6) is 0 Å². The standard InChI is InChI=1S/C11H13N3S/c1-9-3-4-11(10(12)7-9)15-8-14-6-2-5-13-14/h2-7H,8,12H2,1H3. The highest BCUT2D eigenvalue weighted by atomic mass is 32.2. The maximum atomic E-state index is 5.91. The zero-order chi connectivity index (χ0) is 10.7. The number of anilines is 1. The highest BCUT2D eigenvalue weighted by Crippen LogP contribution is 2.26. The highest BCUT2D eigenvalue weighted by Gasteiger charge is 2.00. The second-order valence-electron chi connectivity index (χ2n) is 3.36. The zero-order valence-corrected chi connectivity index (χ0v) is 9.37. The number of aromatic nitrogens is 2. The van der Waals surface area contributed by atoms with Crippen LogP contribution in [0, 0.1) is 6.92 Å². The first-order valence-electron chi connectivity index (χ1n) is 4.72. The number of nitrogens with zero attached hydrogens (tertiary/aromatic N) is 2. The van der Waals surface area contributed by atoms with E-state index in [1.165, 1.54) is 5.56 Å². The maximum Gasteiger partial charge on any atom is 0.0910 e. The van der Waals surface area contributed by atoms with E-state index < -0.39 is 0 Å². The van der Waals surface area contributed by atoms with E-state index in [1.807, 2.05) is 29.9 Å². The van der Waals surface area contributed by atoms with Crippen LogP contribution in [-0.2, 0) is 5.88 Å². The summed E-state index contributed by atoms with van der Waals surface area (Å²) >= 11 is 1.69. The predicted octanol–water partition coefficient (Wildman–Crippen LogP) is 2.52. The van der Waals surface area contributed by atoms with Crippen molar-refractivity contribution >= 4 is 17.4 Å². The summed E-state index contributed by atoms with van der Waals surface area (Å²) in [6, 6.07) is 8.03. The Hall–Kier alpha value is -1.42. The molecule has 0 aliphatic rings. The van der Waals surface area contributed by atoms with Gasteiger partial charge in [-0.05, 0) is 30.7 Å². The molecule has 0 spiro atoms. The van der Waals surface area contributed by atoms with Gasteiger partial charge in [0.1, 0.15) is 0 Å². The Bertz CT molecular complexity index is 437. The molecule has 0 radical (unpaired) electrons. The van der Waals surface area contributed by atoms with Gasteiger partial charge in [-0.1, -0.05) is 6.07 Å². The molecule has 0 unspecified atom stereocenters. The Labute approximate surface area is 93.3 Å². The van der Waals surface area contributed by atoms with Crippen LogP contribution < -0.4 is 5.73 Å². The molecule has 15 heavy (non-hydrogen) atoms. The Morgan fingerprint density at radius 2 is 2.33 bits per heavy atom. The summed E-state index contributed by atoms with van der Waals surface area (Å²) in [7, 11) is 0. The Morgan fingerprint density at radius 3 is 3.00 bits per heavy atom. The van der Waals surface area contributed by atoms with Crippen molar-refractivity contribution < 1.29 is 0 Å². The fraction of sp³-hybridized carbons (Fsp3) is 0.182. The number of aryl methyl sites for hydroxylation is 1. The molecule has 0 saturated heterocycles. The average Bonchev–Trinajstić information content (AvgIpc) is 2.69. The quantitative estimate of drug-likeness (QED) is 0.637. The number of benzene rings is 1. The first kappa shape index (κ1) is 10.1. The monoisotopic (exact) mass is 219 g/mol. The molecule has 0 atom stereocenters. The molecule has 1 aromatic carbocycles. The van der Waals surface area contributed by atoms with Crippen molar-refractivity contribution in [2.45, 2.75) is 17.7 Å². The van der Waals surface area contributed by atoms with Gasteiger partial charge >= 0.3 is 0 Å². The molecule has 0 amide bonds. The van der Waals surface area contributed by atoms with Gasteiger partial charge in [-0.2, -0.15) is 5.10 Å². The lowest BCUT2D eigenvalue weighted by molar-refractivity contribution is 0.751. The zero-order valence-electron chi connectivity index (χ0n) is 8.55. The molecule has 1 aromatic heterocycles. The summed E-state index contributed by atoms with van der Waals surface area (Å²) in [5.74, 6) is 0.792. The van der Waals surface area contributed by atoms with Crippen molar-refractivity contribution in [3.05, 3.63) is 42.2 Å². The van der Waals surface area contributed by atoms with Gasteiger partial charge in [0, 0.05) is 23.0 Å². The third-order valence-corrected chi connectivity index (χ3v) is 3.15. The highest BCUT2D eigenvalue weighted by molar-refractivity contribution is 7.98. The first-order valence-corrected chi connectivity index (χ1v) is 5.70. The van der Waals surface area contributed by atoms with Crippen LogP contribution in [0.2, 0.25) is 0 Å². The van der Waals surface area contributed by atoms with Crippen LogP contribution in [0.15, 0.2) is 41.6 Å². The molecule has 0 aliphatic heterocycles. The molecule has 3 nitrogen and oxygen atoms in total. The van der Waals surface area contributed by atoms with Gasteiger partial charge in [0.25, 0.3) is 0 Å². The molecule has 0 bridgehead atoms. The SMILES string of the molecule is Cc1ccc(SCn2cccn2)c(N)c1. The fourth-order valence-corrected chi connectivity index (χ4v) is 2.13. The van der Waals surface area contributed by atoms with E-state index in [1.54, 1.807) is 18.0 Å². The predicted molar refractivity (Wildman–Crippen MR) is 63.7 cm³/mol. The van der Waals surface area contributed by atoms with Crippen LogP contribution >= 0.6 is 11.8 Å². The van der Waals surface area contributed by atoms with E-state index in [4.69, 9.17) is 5.73 Å². The van der Waals surface area contributed by atoms with Gasteiger partial charge in [0.2, 0.25) is 0 Å². The molecule has 0 saturated carbocycles. The van der Waals surface area contributed by atoms with Crippen molar-refractivity contribution in [3.8, 4) is 0 Å². The summed E-state index contributed by atoms with van der Waals surface area (Å²) in [5.41, 5.74) is 7.94. The molecule has 2 aromatic rings. The number of thioether (sulfide) groups is 1. The molecule has 4 heteroatoms. The normalized spacial score (nSPS) is 10.5. The minimum Gasteiger partial charge on any atom is -0.398 e. The first-order chi connectivity index (χ1) is 7.25. The van der Waals surface area contributed by atoms with Gasteiger partial charge in [-0.3, -0.25) is 4.68 Å². The second kappa shape index (κ2) is 4.40. The lowest BCUT2D eigenvalue weighted by Gasteiger charge is -2.06. The largest absolute Gasteiger partial charge is 0.398 e. The number of rotatable bonds is 3. The van der Waals surface area contributed by atoms with E-state index in [2.05, 4.69) is 17.2 Å². The topological polar surface area (TPSA) is 43.8 Å². The molecule has 0 fully saturated rings. The summed E-state index contributed by atoms with van der Waals surface area (Å²) in [6.45, 7) is 2.04. The van der Waals surface area contributed by atoms with E-state index >= 15 is 0 Å². The Morgan fingerprint density at radius 1 is 1.47 bits per heavy atom. The molecule has 1 heterocycles. The van der Waals surface area contributed by atoms with Crippen molar-refractivity contribution in [3.63, 3.8) is 0 Å². The molecular formula is C11H13N3S. The Kier molecular flexibility index (Phi) is 2.97. The molecule has 2 rings (SSSR count). The van der Waals surface area contributed by atoms with E-state index in [0.717, 1.165) is 16.5 Å². The summed E-state index contributed by atoms with van der Waals surface area (Å²) in [5, 5.41) is 4.13. The maximum absolute atomic E-state index is 5.91. The van der Waals surface area contributed by atoms with E-state index in [0.29, 0.717) is 0 Å². The van der Waals surface area contributed by atoms with Crippen LogP contribution in [0.1, 0.15) is 5.56 Å². The van der Waals surface area contributed by atoms with Crippen molar-refractivity contribution in [1.29, 1.82) is 0 Å². The van der Waals surface area contributed by atoms with Gasteiger partial charge in [-0.25, -0.2) is 0 Å². The molecule has 2 N–H and O–H groups in total. The van der Waals surface area contributed by atoms with Crippen molar-refractivity contribution in [2.24, 2.45) is 0 Å². The van der Waals surface area contributed by atoms with Crippen LogP contribution in [-0.4, -0.2) is 9.78 Å². The number of nitrogens with two attached hydrogens (primary N) is 1. The lowest BCUT2D eigenvalue weighted by atomic mass is 10.2. The molecular weight excluding hydrogens is 206 g/mol. The third kappa shape index (κ3) is 2.53. The third-order valence-electron chi connectivity index (χ3n) is 2.08. The summed E-state index contributed by atoms with van der Waals surface area (Å²) in [4.78, 5) is 1.11. The Balaban J connectivity index is 2.05. The van der Waals surface area contributed by atoms with E-state index in [9.17, 15) is 0 Å². The summed E-state index contributed by atoms with van der Waals surface area (Å²) < 4.78 is 1.88. The number of nitrogen functional groups attached to an aromatic ring is 1. The van der Waals surface area contributed by atoms with Gasteiger partial charge in [0.05, 0.1) is 5.88 Å². The minimum absolute atomic E-state index is 0.792. The molecule has 0 aliphatic carbocycles. The van der Waals surface area contributed by atoms with Gasteiger partial charge in [-0.15, -0.1) is 11.8 Å². The van der Waals surface area contributed by atoms with Crippen molar-refractivity contribution in [1.82, 2.24) is 9.78 Å². The van der Waals surface area contributed by atoms with Crippen LogP contribution in [0.4, 0.5) is 5.69 Å².